The second-order valence-electron chi connectivity index (χ2n) is 4.32. The molecule has 5 nitrogen and oxygen atoms in total. The van der Waals surface area contributed by atoms with Crippen molar-refractivity contribution in [1.29, 1.82) is 0 Å². The summed E-state index contributed by atoms with van der Waals surface area (Å²) in [6.07, 6.45) is -2.51. The molecule has 0 radical (unpaired) electrons. The first kappa shape index (κ1) is 14.1. The lowest BCUT2D eigenvalue weighted by atomic mass is 10.2. The molecule has 0 saturated heterocycles. The number of rotatable bonds is 5. The third kappa shape index (κ3) is 4.09. The first-order valence-electron chi connectivity index (χ1n) is 5.90. The molecule has 1 saturated carbocycles. The van der Waals surface area contributed by atoms with Crippen LogP contribution in [0.2, 0.25) is 5.28 Å². The van der Waals surface area contributed by atoms with E-state index in [1.54, 1.807) is 0 Å². The maximum absolute atomic E-state index is 12.6. The summed E-state index contributed by atoms with van der Waals surface area (Å²) in [5.41, 5.74) is 0. The van der Waals surface area contributed by atoms with Gasteiger partial charge in [0.05, 0.1) is 0 Å². The third-order valence-electron chi connectivity index (χ3n) is 2.63. The monoisotopic (exact) mass is 295 g/mol. The van der Waals surface area contributed by atoms with E-state index in [1.807, 2.05) is 0 Å². The average molecular weight is 296 g/mol. The van der Waals surface area contributed by atoms with Crippen LogP contribution in [0.3, 0.4) is 0 Å². The lowest BCUT2D eigenvalue weighted by molar-refractivity contribution is -0.143. The van der Waals surface area contributed by atoms with E-state index in [1.165, 1.54) is 6.92 Å². The zero-order valence-electron chi connectivity index (χ0n) is 10.1. The Kier molecular flexibility index (Phi) is 3.98. The van der Waals surface area contributed by atoms with Gasteiger partial charge in [0.15, 0.2) is 0 Å². The van der Waals surface area contributed by atoms with Crippen molar-refractivity contribution in [3.8, 4) is 0 Å². The molecule has 0 aromatic carbocycles. The van der Waals surface area contributed by atoms with Crippen molar-refractivity contribution in [3.63, 3.8) is 0 Å². The maximum atomic E-state index is 12.6. The van der Waals surface area contributed by atoms with E-state index in [9.17, 15) is 13.2 Å². The van der Waals surface area contributed by atoms with Gasteiger partial charge in [-0.2, -0.15) is 28.1 Å². The van der Waals surface area contributed by atoms with Crippen LogP contribution < -0.4 is 10.6 Å². The number of hydrogen-bond acceptors (Lipinski definition) is 5. The number of hydrogen-bond donors (Lipinski definition) is 2. The molecule has 0 aliphatic heterocycles. The molecule has 0 spiro atoms. The molecule has 19 heavy (non-hydrogen) atoms. The Hall–Kier alpha value is -1.31. The Bertz CT molecular complexity index is 449. The van der Waals surface area contributed by atoms with Crippen LogP contribution in [-0.2, 0) is 0 Å². The van der Waals surface area contributed by atoms with Crippen LogP contribution in [0.5, 0.6) is 0 Å². The van der Waals surface area contributed by atoms with Gasteiger partial charge in [0.2, 0.25) is 17.2 Å². The van der Waals surface area contributed by atoms with Crippen LogP contribution >= 0.6 is 11.6 Å². The Morgan fingerprint density at radius 1 is 1.26 bits per heavy atom. The van der Waals surface area contributed by atoms with Gasteiger partial charge in [0, 0.05) is 6.04 Å². The van der Waals surface area contributed by atoms with Crippen molar-refractivity contribution in [3.05, 3.63) is 5.28 Å². The minimum atomic E-state index is -4.36. The highest BCUT2D eigenvalue weighted by Crippen LogP contribution is 2.26. The number of aromatic nitrogens is 3. The quantitative estimate of drug-likeness (QED) is 0.874. The highest BCUT2D eigenvalue weighted by atomic mass is 35.5. The summed E-state index contributed by atoms with van der Waals surface area (Å²) in [6.45, 7) is 1.43. The minimum Gasteiger partial charge on any atom is -0.351 e. The predicted molar refractivity (Wildman–Crippen MR) is 65.2 cm³/mol. The van der Waals surface area contributed by atoms with Crippen LogP contribution in [-0.4, -0.2) is 33.2 Å². The number of nitrogens with zero attached hydrogens (tertiary/aromatic N) is 3. The first-order chi connectivity index (χ1) is 8.88. The van der Waals surface area contributed by atoms with E-state index in [0.29, 0.717) is 0 Å². The topological polar surface area (TPSA) is 62.7 Å². The maximum Gasteiger partial charge on any atom is 0.408 e. The molecule has 1 atom stereocenters. The summed E-state index contributed by atoms with van der Waals surface area (Å²) in [4.78, 5) is 11.4. The summed E-state index contributed by atoms with van der Waals surface area (Å²) in [5, 5.41) is 5.05. The average Bonchev–Trinajstić information content (AvgIpc) is 3.07. The van der Waals surface area contributed by atoms with E-state index in [4.69, 9.17) is 11.6 Å². The second-order valence-corrected chi connectivity index (χ2v) is 4.66. The van der Waals surface area contributed by atoms with Gasteiger partial charge in [0.1, 0.15) is 6.04 Å². The lowest BCUT2D eigenvalue weighted by Gasteiger charge is -2.20. The normalized spacial score (nSPS) is 17.1. The Morgan fingerprint density at radius 2 is 1.89 bits per heavy atom. The molecule has 1 aromatic heterocycles. The highest BCUT2D eigenvalue weighted by Gasteiger charge is 2.38. The van der Waals surface area contributed by atoms with Gasteiger partial charge >= 0.3 is 6.18 Å². The van der Waals surface area contributed by atoms with Crippen molar-refractivity contribution in [2.24, 2.45) is 0 Å². The molecule has 9 heteroatoms. The molecule has 1 fully saturated rings. The number of anilines is 2. The molecule has 1 aromatic rings. The Balaban J connectivity index is 2.12. The van der Waals surface area contributed by atoms with Crippen LogP contribution in [0, 0.1) is 0 Å². The SMILES string of the molecule is CC[C@@H](Nc1nc(Cl)nc(NC2CC2)n1)C(F)(F)F. The van der Waals surface area contributed by atoms with E-state index >= 15 is 0 Å². The minimum absolute atomic E-state index is 0.127. The standard InChI is InChI=1S/C10H13ClF3N5/c1-2-6(10(12,13)14)16-9-18-7(11)17-8(19-9)15-5-3-4-5/h5-6H,2-4H2,1H3,(H2,15,16,17,18,19)/t6-/m1/s1. The van der Waals surface area contributed by atoms with Crippen molar-refractivity contribution < 1.29 is 13.2 Å². The number of halogens is 4. The molecule has 0 bridgehead atoms. The van der Waals surface area contributed by atoms with Gasteiger partial charge in [-0.1, -0.05) is 6.92 Å². The summed E-state index contributed by atoms with van der Waals surface area (Å²) in [7, 11) is 0. The molecule has 1 aliphatic carbocycles. The molecular weight excluding hydrogens is 283 g/mol. The summed E-state index contributed by atoms with van der Waals surface area (Å²) in [5.74, 6) is 0.0225. The van der Waals surface area contributed by atoms with E-state index in [2.05, 4.69) is 25.6 Å². The van der Waals surface area contributed by atoms with Gasteiger partial charge in [-0.05, 0) is 30.9 Å². The van der Waals surface area contributed by atoms with Crippen molar-refractivity contribution in [1.82, 2.24) is 15.0 Å². The van der Waals surface area contributed by atoms with Crippen molar-refractivity contribution in [2.45, 2.75) is 44.4 Å². The van der Waals surface area contributed by atoms with Crippen molar-refractivity contribution >= 4 is 23.5 Å². The van der Waals surface area contributed by atoms with Gasteiger partial charge in [0.25, 0.3) is 0 Å². The van der Waals surface area contributed by atoms with Crippen LogP contribution in [0.1, 0.15) is 26.2 Å². The smallest absolute Gasteiger partial charge is 0.351 e. The van der Waals surface area contributed by atoms with E-state index < -0.39 is 12.2 Å². The Morgan fingerprint density at radius 3 is 2.42 bits per heavy atom. The van der Waals surface area contributed by atoms with Gasteiger partial charge in [-0.25, -0.2) is 0 Å². The molecule has 2 rings (SSSR count). The molecular formula is C10H13ClF3N5. The van der Waals surface area contributed by atoms with Crippen LogP contribution in [0.4, 0.5) is 25.1 Å². The molecule has 0 amide bonds. The zero-order valence-corrected chi connectivity index (χ0v) is 10.9. The highest BCUT2D eigenvalue weighted by molar-refractivity contribution is 6.28. The van der Waals surface area contributed by atoms with E-state index in [0.717, 1.165) is 12.8 Å². The van der Waals surface area contributed by atoms with Gasteiger partial charge in [-0.3, -0.25) is 0 Å². The van der Waals surface area contributed by atoms with Gasteiger partial charge in [-0.15, -0.1) is 0 Å². The van der Waals surface area contributed by atoms with Crippen LogP contribution in [0.15, 0.2) is 0 Å². The summed E-state index contributed by atoms with van der Waals surface area (Å²) < 4.78 is 37.9. The summed E-state index contributed by atoms with van der Waals surface area (Å²) >= 11 is 5.67. The van der Waals surface area contributed by atoms with Crippen molar-refractivity contribution in [2.75, 3.05) is 10.6 Å². The van der Waals surface area contributed by atoms with Crippen LogP contribution in [0.25, 0.3) is 0 Å². The Labute approximate surface area is 113 Å². The van der Waals surface area contributed by atoms with Gasteiger partial charge < -0.3 is 10.6 Å². The fourth-order valence-corrected chi connectivity index (χ4v) is 1.62. The molecule has 106 valence electrons. The largest absolute Gasteiger partial charge is 0.408 e. The molecule has 1 heterocycles. The predicted octanol–water partition coefficient (Wildman–Crippen LogP) is 2.85. The molecule has 1 aliphatic rings. The second kappa shape index (κ2) is 5.36. The number of nitrogens with one attached hydrogen (secondary N) is 2. The molecule has 0 unspecified atom stereocenters. The third-order valence-corrected chi connectivity index (χ3v) is 2.79. The fourth-order valence-electron chi connectivity index (χ4n) is 1.46. The first-order valence-corrected chi connectivity index (χ1v) is 6.27. The molecule has 2 N–H and O–H groups in total. The zero-order chi connectivity index (χ0) is 14.0. The lowest BCUT2D eigenvalue weighted by Crippen LogP contribution is -2.36. The van der Waals surface area contributed by atoms with E-state index in [-0.39, 0.29) is 29.6 Å². The number of alkyl halides is 3. The summed E-state index contributed by atoms with van der Waals surface area (Å²) in [6, 6.07) is -1.43. The fraction of sp³-hybridized carbons (Fsp3) is 0.700.